The summed E-state index contributed by atoms with van der Waals surface area (Å²) in [4.78, 5) is 69.9. The number of fused-ring (bicyclic) bond motifs is 2. The Balaban J connectivity index is 1.12. The van der Waals surface area contributed by atoms with Gasteiger partial charge in [0, 0.05) is 57.8 Å². The minimum Gasteiger partial charge on any atom is -0.492 e. The molecule has 0 saturated heterocycles. The average molecular weight is 1180 g/mol. The van der Waals surface area contributed by atoms with Crippen molar-refractivity contribution in [1.29, 1.82) is 15.8 Å². The van der Waals surface area contributed by atoms with E-state index >= 15 is 9.59 Å². The summed E-state index contributed by atoms with van der Waals surface area (Å²) in [6, 6.07) is 33.1. The van der Waals surface area contributed by atoms with Gasteiger partial charge in [-0.15, -0.1) is 0 Å². The highest BCUT2D eigenvalue weighted by Gasteiger charge is 2.45. The highest BCUT2D eigenvalue weighted by Crippen LogP contribution is 2.52. The van der Waals surface area contributed by atoms with E-state index in [-0.39, 0.29) is 65.3 Å². The van der Waals surface area contributed by atoms with E-state index in [0.717, 1.165) is 119 Å². The van der Waals surface area contributed by atoms with Gasteiger partial charge in [-0.2, -0.15) is 9.84 Å². The zero-order chi connectivity index (χ0) is 63.1. The fourth-order valence-electron chi connectivity index (χ4n) is 13.4. The molecule has 0 aliphatic carbocycles. The van der Waals surface area contributed by atoms with Crippen molar-refractivity contribution in [3.05, 3.63) is 187 Å². The van der Waals surface area contributed by atoms with E-state index in [1.54, 1.807) is 31.5 Å². The molecule has 7 aromatic rings. The van der Waals surface area contributed by atoms with Gasteiger partial charge in [0.25, 0.3) is 23.6 Å². The average Bonchev–Trinajstić information content (AvgIpc) is 1.27. The molecule has 0 fully saturated rings. The highest BCUT2D eigenvalue weighted by atomic mass is 16.5. The number of carbonyl (C=O) groups is 4. The van der Waals surface area contributed by atoms with Gasteiger partial charge >= 0.3 is 17.3 Å². The maximum absolute atomic E-state index is 15.3. The van der Waals surface area contributed by atoms with Crippen LogP contribution in [-0.2, 0) is 9.47 Å². The van der Waals surface area contributed by atoms with Gasteiger partial charge in [-0.25, -0.2) is 20.2 Å². The van der Waals surface area contributed by atoms with E-state index in [4.69, 9.17) is 22.6 Å². The number of rotatable bonds is 20. The summed E-state index contributed by atoms with van der Waals surface area (Å²) >= 11 is 0. The van der Waals surface area contributed by atoms with Crippen LogP contribution >= 0.6 is 0 Å². The summed E-state index contributed by atoms with van der Waals surface area (Å²) in [5.41, 5.74) is 5.30. The molecule has 4 heterocycles. The second-order valence-electron chi connectivity index (χ2n) is 24.3. The molecule has 4 amide bonds. The second-order valence-corrected chi connectivity index (χ2v) is 24.3. The first-order valence-electron chi connectivity index (χ1n) is 30.7. The molecule has 0 unspecified atom stereocenters. The minimum absolute atomic E-state index is 0.0465. The molecule has 4 aliphatic heterocycles. The Morgan fingerprint density at radius 3 is 1.39 bits per heavy atom. The topological polar surface area (TPSA) is 176 Å². The largest absolute Gasteiger partial charge is 0.492 e. The molecular formula is C75H67N8O6+. The third-order valence-electron chi connectivity index (χ3n) is 17.9. The van der Waals surface area contributed by atoms with Crippen LogP contribution in [0.3, 0.4) is 0 Å². The van der Waals surface area contributed by atoms with E-state index in [1.165, 1.54) is 9.80 Å². The van der Waals surface area contributed by atoms with Crippen molar-refractivity contribution < 1.29 is 33.2 Å². The highest BCUT2D eigenvalue weighted by molar-refractivity contribution is 6.44. The molecule has 7 aromatic carbocycles. The number of benzene rings is 7. The zero-order valence-corrected chi connectivity index (χ0v) is 51.3. The molecular weight excluding hydrogens is 1110 g/mol. The predicted octanol–water partition coefficient (Wildman–Crippen LogP) is 16.8. The smallest absolute Gasteiger partial charge is 0.386 e. The van der Waals surface area contributed by atoms with Gasteiger partial charge in [0.15, 0.2) is 11.4 Å². The van der Waals surface area contributed by atoms with Crippen LogP contribution in [0.2, 0.25) is 0 Å². The van der Waals surface area contributed by atoms with E-state index in [1.807, 2.05) is 129 Å². The lowest BCUT2D eigenvalue weighted by Gasteiger charge is -2.32. The van der Waals surface area contributed by atoms with Gasteiger partial charge in [-0.1, -0.05) is 151 Å². The molecule has 442 valence electrons. The molecule has 0 bridgehead atoms. The van der Waals surface area contributed by atoms with Crippen LogP contribution in [0, 0.1) is 47.1 Å². The molecule has 11 rings (SSSR count). The Hall–Kier alpha value is -10.5. The lowest BCUT2D eigenvalue weighted by atomic mass is 9.77. The number of allylic oxidation sites excluding steroid dienone is 3. The summed E-state index contributed by atoms with van der Waals surface area (Å²) in [6.45, 7) is 27.3. The fourth-order valence-corrected chi connectivity index (χ4v) is 13.4. The van der Waals surface area contributed by atoms with E-state index < -0.39 is 11.2 Å². The first kappa shape index (κ1) is 60.2. The van der Waals surface area contributed by atoms with Crippen molar-refractivity contribution in [1.82, 2.24) is 9.80 Å². The number of nitriles is 3. The molecule has 0 atom stereocenters. The third kappa shape index (κ3) is 10.5. The lowest BCUT2D eigenvalue weighted by molar-refractivity contribution is -0.463. The Kier molecular flexibility index (Phi) is 16.5. The van der Waals surface area contributed by atoms with Crippen molar-refractivity contribution in [2.45, 2.75) is 130 Å². The van der Waals surface area contributed by atoms with Crippen LogP contribution in [0.15, 0.2) is 131 Å². The quantitative estimate of drug-likeness (QED) is 0.0137. The van der Waals surface area contributed by atoms with Crippen molar-refractivity contribution in [2.24, 2.45) is 0 Å². The number of hydrogen-bond donors (Lipinski definition) is 0. The first-order chi connectivity index (χ1) is 43.0. The second kappa shape index (κ2) is 24.4. The lowest BCUT2D eigenvalue weighted by Crippen LogP contribution is -2.41. The fraction of sp³-hybridized carbons (Fsp3) is 0.307. The van der Waals surface area contributed by atoms with E-state index in [0.29, 0.717) is 67.8 Å². The van der Waals surface area contributed by atoms with Crippen molar-refractivity contribution >= 4 is 84.6 Å². The normalized spacial score (nSPS) is 17.1. The van der Waals surface area contributed by atoms with Crippen molar-refractivity contribution in [3.63, 3.8) is 0 Å². The van der Waals surface area contributed by atoms with Gasteiger partial charge < -0.3 is 9.47 Å². The summed E-state index contributed by atoms with van der Waals surface area (Å²) < 4.78 is 13.9. The maximum atomic E-state index is 15.3. The minimum atomic E-state index is -1.01. The number of hydrogen-bond acceptors (Lipinski definition) is 9. The molecule has 0 N–H and O–H groups in total. The molecule has 14 nitrogen and oxygen atoms in total. The number of unbranched alkanes of at least 4 members (excludes halogenated alkanes) is 10. The summed E-state index contributed by atoms with van der Waals surface area (Å²) in [6.07, 6.45) is 19.2. The maximum Gasteiger partial charge on any atom is 0.386 e. The standard InChI is InChI=1S/C75H67N8O6/c1-10-12-14-16-18-20-38-82-69(84)51-35-33-50-63-54(48-30-24-46(25-31-48)27-37-61-75(5,6)89-73(81(61)9)60(44-78)80-8)41-56-65-52(70(85)83(72(56)87)39-21-19-17-15-13-11-2)34-32-49(67(63)65)62-53(40-55(71(82)86)64(51)66(50)62)47-28-22-45(23-29-47)26-36-58-57(42-76)68(59(43-77)79-7)88-74(58,3)4/h22-37,40-41H,10-21,38-39H2,1-6,9H3/q+1/b36-26+,37-27+,68-59-,73-60+. The zero-order valence-electron chi connectivity index (χ0n) is 51.3. The predicted molar refractivity (Wildman–Crippen MR) is 347 cm³/mol. The van der Waals surface area contributed by atoms with Crippen LogP contribution < -0.4 is 0 Å². The van der Waals surface area contributed by atoms with Crippen LogP contribution in [-0.4, -0.2) is 75.1 Å². The van der Waals surface area contributed by atoms with Gasteiger partial charge in [0.1, 0.15) is 18.7 Å². The Labute approximate surface area is 518 Å². The molecule has 0 spiro atoms. The van der Waals surface area contributed by atoms with Gasteiger partial charge in [-0.3, -0.25) is 29.0 Å². The number of nitrogens with zero attached hydrogens (tertiary/aromatic N) is 8. The van der Waals surface area contributed by atoms with Crippen LogP contribution in [0.25, 0.3) is 87.2 Å². The Bertz CT molecular complexity index is 4580. The number of amides is 4. The summed E-state index contributed by atoms with van der Waals surface area (Å²) in [7, 11) is 1.77. The molecule has 89 heavy (non-hydrogen) atoms. The van der Waals surface area contributed by atoms with Crippen molar-refractivity contribution in [3.8, 4) is 40.5 Å². The van der Waals surface area contributed by atoms with E-state index in [9.17, 15) is 25.4 Å². The molecule has 4 aliphatic rings. The third-order valence-corrected chi connectivity index (χ3v) is 17.9. The van der Waals surface area contributed by atoms with Crippen molar-refractivity contribution in [2.75, 3.05) is 20.1 Å². The SMILES string of the molecule is [C-]#[N+]/C(C#N)=C1\OC(C)(C)C(/C=C/c2ccc(-c3cc4c5c(ccc6c7c(-c8ccc(/C=C/C9=[N+](C)C(=C(/C#N)[N+]#[C-])/OC9(C)C)cc8)cc8c9c(ccc(c3c56)c97)C(=O)N(CCCCCCCC)C8=O)C(=O)N(CCCCCCCC)C4=O)cc2)=C1C#N. The summed E-state index contributed by atoms with van der Waals surface area (Å²) in [5.74, 6) is -1.31. The van der Waals surface area contributed by atoms with Gasteiger partial charge in [-0.05, 0) is 137 Å². The summed E-state index contributed by atoms with van der Waals surface area (Å²) in [5, 5.41) is 35.2. The Morgan fingerprint density at radius 1 is 0.517 bits per heavy atom. The first-order valence-corrected chi connectivity index (χ1v) is 30.7. The van der Waals surface area contributed by atoms with Gasteiger partial charge in [0.05, 0.1) is 30.9 Å². The molecule has 0 radical (unpaired) electrons. The van der Waals surface area contributed by atoms with E-state index in [2.05, 4.69) is 29.6 Å². The number of imide groups is 2. The Morgan fingerprint density at radius 2 is 0.955 bits per heavy atom. The molecule has 0 saturated carbocycles. The van der Waals surface area contributed by atoms with Crippen LogP contribution in [0.4, 0.5) is 0 Å². The monoisotopic (exact) mass is 1180 g/mol. The molecule has 14 heteroatoms. The number of carbonyl (C=O) groups excluding carboxylic acids is 4. The van der Waals surface area contributed by atoms with Crippen LogP contribution in [0.5, 0.6) is 0 Å². The van der Waals surface area contributed by atoms with Crippen LogP contribution in [0.1, 0.15) is 171 Å². The van der Waals surface area contributed by atoms with Gasteiger partial charge in [0.2, 0.25) is 5.71 Å². The molecule has 0 aromatic heterocycles. The number of ether oxygens (including phenoxy) is 2.